The Labute approximate surface area is 138 Å². The number of H-pyrrole nitrogens is 1. The molecule has 3 aromatic rings. The van der Waals surface area contributed by atoms with E-state index in [4.69, 9.17) is 5.11 Å². The average molecular weight is 345 g/mol. The number of sulfonamides is 1. The first-order valence-corrected chi connectivity index (χ1v) is 8.62. The van der Waals surface area contributed by atoms with Crippen molar-refractivity contribution in [3.63, 3.8) is 0 Å². The molecule has 0 spiro atoms. The quantitative estimate of drug-likeness (QED) is 0.655. The van der Waals surface area contributed by atoms with Crippen LogP contribution in [0.5, 0.6) is 0 Å². The second-order valence-electron chi connectivity index (χ2n) is 5.33. The summed E-state index contributed by atoms with van der Waals surface area (Å²) in [4.78, 5) is 18.2. The molecular weight excluding hydrogens is 330 g/mol. The molecule has 1 aromatic heterocycles. The van der Waals surface area contributed by atoms with Crippen LogP contribution in [-0.2, 0) is 16.6 Å². The van der Waals surface area contributed by atoms with Crippen LogP contribution in [0.25, 0.3) is 11.0 Å². The van der Waals surface area contributed by atoms with E-state index >= 15 is 0 Å². The predicted molar refractivity (Wildman–Crippen MR) is 88.3 cm³/mol. The highest BCUT2D eigenvalue weighted by Crippen LogP contribution is 2.15. The van der Waals surface area contributed by atoms with Crippen LogP contribution in [0.3, 0.4) is 0 Å². The van der Waals surface area contributed by atoms with Gasteiger partial charge in [0.25, 0.3) is 0 Å². The smallest absolute Gasteiger partial charge is 0.335 e. The van der Waals surface area contributed by atoms with Crippen molar-refractivity contribution in [2.24, 2.45) is 0 Å². The fraction of sp³-hybridized carbons (Fsp3) is 0.125. The molecule has 24 heavy (non-hydrogen) atoms. The van der Waals surface area contributed by atoms with E-state index < -0.39 is 16.0 Å². The number of hydrogen-bond acceptors (Lipinski definition) is 4. The lowest BCUT2D eigenvalue weighted by Gasteiger charge is -2.07. The van der Waals surface area contributed by atoms with Crippen LogP contribution in [0.1, 0.15) is 21.7 Å². The Morgan fingerprint density at radius 2 is 1.92 bits per heavy atom. The van der Waals surface area contributed by atoms with Crippen molar-refractivity contribution in [2.45, 2.75) is 18.4 Å². The van der Waals surface area contributed by atoms with Gasteiger partial charge in [0.2, 0.25) is 10.0 Å². The van der Waals surface area contributed by atoms with Crippen LogP contribution in [0.15, 0.2) is 47.4 Å². The maximum absolute atomic E-state index is 12.3. The molecule has 0 bridgehead atoms. The SMILES string of the molecule is Cc1nc2ccc(CNS(=O)(=O)c3ccc(C(=O)O)cc3)cc2[nH]1. The third-order valence-electron chi connectivity index (χ3n) is 3.54. The summed E-state index contributed by atoms with van der Waals surface area (Å²) in [7, 11) is -3.72. The van der Waals surface area contributed by atoms with E-state index in [9.17, 15) is 13.2 Å². The van der Waals surface area contributed by atoms with Gasteiger partial charge in [-0.15, -0.1) is 0 Å². The van der Waals surface area contributed by atoms with Crippen LogP contribution in [0, 0.1) is 6.92 Å². The Hall–Kier alpha value is -2.71. The van der Waals surface area contributed by atoms with E-state index in [0.717, 1.165) is 22.4 Å². The van der Waals surface area contributed by atoms with Gasteiger partial charge in [0, 0.05) is 6.54 Å². The molecule has 0 unspecified atom stereocenters. The highest BCUT2D eigenvalue weighted by Gasteiger charge is 2.14. The zero-order chi connectivity index (χ0) is 17.3. The Balaban J connectivity index is 1.77. The summed E-state index contributed by atoms with van der Waals surface area (Å²) in [5.74, 6) is -0.309. The Bertz CT molecular complexity index is 1010. The molecule has 0 aliphatic carbocycles. The van der Waals surface area contributed by atoms with E-state index in [2.05, 4.69) is 14.7 Å². The fourth-order valence-corrected chi connectivity index (χ4v) is 3.35. The molecule has 0 saturated heterocycles. The van der Waals surface area contributed by atoms with Gasteiger partial charge in [0.1, 0.15) is 5.82 Å². The molecule has 0 amide bonds. The first-order valence-electron chi connectivity index (χ1n) is 7.13. The number of hydrogen-bond donors (Lipinski definition) is 3. The molecule has 124 valence electrons. The van der Waals surface area contributed by atoms with Gasteiger partial charge in [0.05, 0.1) is 21.5 Å². The summed E-state index contributed by atoms with van der Waals surface area (Å²) >= 11 is 0. The standard InChI is InChI=1S/C16H15N3O4S/c1-10-18-14-7-2-11(8-15(14)19-10)9-17-24(22,23)13-5-3-12(4-6-13)16(20)21/h2-8,17H,9H2,1H3,(H,18,19)(H,20,21). The number of carboxylic acid groups (broad SMARTS) is 1. The summed E-state index contributed by atoms with van der Waals surface area (Å²) in [6.45, 7) is 1.97. The van der Waals surface area contributed by atoms with Crippen LogP contribution >= 0.6 is 0 Å². The minimum Gasteiger partial charge on any atom is -0.478 e. The maximum atomic E-state index is 12.3. The van der Waals surface area contributed by atoms with Gasteiger partial charge in [-0.1, -0.05) is 6.07 Å². The predicted octanol–water partition coefficient (Wildman–Crippen LogP) is 2.05. The lowest BCUT2D eigenvalue weighted by Crippen LogP contribution is -2.23. The molecule has 8 heteroatoms. The van der Waals surface area contributed by atoms with Crippen LogP contribution in [0.4, 0.5) is 0 Å². The second-order valence-corrected chi connectivity index (χ2v) is 7.09. The molecule has 0 fully saturated rings. The molecule has 0 atom stereocenters. The molecule has 3 N–H and O–H groups in total. The van der Waals surface area contributed by atoms with Crippen molar-refractivity contribution in [2.75, 3.05) is 0 Å². The number of aromatic carboxylic acids is 1. The van der Waals surface area contributed by atoms with Gasteiger partial charge in [-0.25, -0.2) is 22.9 Å². The summed E-state index contributed by atoms with van der Waals surface area (Å²) in [5.41, 5.74) is 2.49. The van der Waals surface area contributed by atoms with Crippen molar-refractivity contribution in [1.29, 1.82) is 0 Å². The summed E-state index contributed by atoms with van der Waals surface area (Å²) in [6, 6.07) is 10.5. The van der Waals surface area contributed by atoms with E-state index in [1.807, 2.05) is 19.1 Å². The van der Waals surface area contributed by atoms with Crippen molar-refractivity contribution >= 4 is 27.0 Å². The minimum absolute atomic E-state index is 0.0194. The molecule has 1 heterocycles. The number of aromatic nitrogens is 2. The zero-order valence-corrected chi connectivity index (χ0v) is 13.6. The number of aryl methyl sites for hydroxylation is 1. The number of benzene rings is 2. The molecule has 3 rings (SSSR count). The van der Waals surface area contributed by atoms with Gasteiger partial charge >= 0.3 is 5.97 Å². The number of rotatable bonds is 5. The van der Waals surface area contributed by atoms with Gasteiger partial charge in [-0.3, -0.25) is 0 Å². The average Bonchev–Trinajstić information content (AvgIpc) is 2.92. The highest BCUT2D eigenvalue weighted by molar-refractivity contribution is 7.89. The Morgan fingerprint density at radius 3 is 2.58 bits per heavy atom. The third kappa shape index (κ3) is 3.29. The van der Waals surface area contributed by atoms with Gasteiger partial charge < -0.3 is 10.1 Å². The van der Waals surface area contributed by atoms with Gasteiger partial charge in [-0.05, 0) is 48.9 Å². The molecule has 0 aliphatic heterocycles. The molecule has 0 aliphatic rings. The molecular formula is C16H15N3O4S. The van der Waals surface area contributed by atoms with E-state index in [1.54, 1.807) is 6.07 Å². The summed E-state index contributed by atoms with van der Waals surface area (Å²) in [5, 5.41) is 8.85. The Morgan fingerprint density at radius 1 is 1.21 bits per heavy atom. The number of nitrogens with one attached hydrogen (secondary N) is 2. The monoisotopic (exact) mass is 345 g/mol. The van der Waals surface area contributed by atoms with Crippen molar-refractivity contribution in [3.8, 4) is 0 Å². The maximum Gasteiger partial charge on any atom is 0.335 e. The van der Waals surface area contributed by atoms with Crippen molar-refractivity contribution in [3.05, 3.63) is 59.4 Å². The van der Waals surface area contributed by atoms with Gasteiger partial charge in [0.15, 0.2) is 0 Å². The lowest BCUT2D eigenvalue weighted by atomic mass is 10.2. The first-order chi connectivity index (χ1) is 11.3. The first kappa shape index (κ1) is 16.2. The highest BCUT2D eigenvalue weighted by atomic mass is 32.2. The minimum atomic E-state index is -3.72. The largest absolute Gasteiger partial charge is 0.478 e. The van der Waals surface area contributed by atoms with E-state index in [-0.39, 0.29) is 17.0 Å². The molecule has 0 saturated carbocycles. The number of imidazole rings is 1. The molecule has 2 aromatic carbocycles. The number of carbonyl (C=O) groups is 1. The zero-order valence-electron chi connectivity index (χ0n) is 12.8. The number of carboxylic acids is 1. The molecule has 7 nitrogen and oxygen atoms in total. The lowest BCUT2D eigenvalue weighted by molar-refractivity contribution is 0.0696. The Kier molecular flexibility index (Phi) is 4.08. The van der Waals surface area contributed by atoms with E-state index in [1.165, 1.54) is 24.3 Å². The van der Waals surface area contributed by atoms with Gasteiger partial charge in [-0.2, -0.15) is 0 Å². The summed E-state index contributed by atoms with van der Waals surface area (Å²) < 4.78 is 27.1. The van der Waals surface area contributed by atoms with Crippen molar-refractivity contribution in [1.82, 2.24) is 14.7 Å². The van der Waals surface area contributed by atoms with Crippen molar-refractivity contribution < 1.29 is 18.3 Å². The fourth-order valence-electron chi connectivity index (χ4n) is 2.33. The van der Waals surface area contributed by atoms with E-state index in [0.29, 0.717) is 0 Å². The normalized spacial score (nSPS) is 11.7. The van der Waals surface area contributed by atoms with Crippen LogP contribution in [0.2, 0.25) is 0 Å². The summed E-state index contributed by atoms with van der Waals surface area (Å²) in [6.07, 6.45) is 0. The topological polar surface area (TPSA) is 112 Å². The van der Waals surface area contributed by atoms with Crippen LogP contribution in [-0.4, -0.2) is 29.5 Å². The number of aromatic amines is 1. The molecule has 0 radical (unpaired) electrons. The number of nitrogens with zero attached hydrogens (tertiary/aromatic N) is 1. The third-order valence-corrected chi connectivity index (χ3v) is 4.96. The van der Waals surface area contributed by atoms with Crippen LogP contribution < -0.4 is 4.72 Å². The second kappa shape index (κ2) is 6.06. The number of fused-ring (bicyclic) bond motifs is 1.